The highest BCUT2D eigenvalue weighted by atomic mass is 35.5. The van der Waals surface area contributed by atoms with Crippen molar-refractivity contribution >= 4 is 11.6 Å². The maximum Gasteiger partial charge on any atom is 0.137 e. The Labute approximate surface area is 130 Å². The van der Waals surface area contributed by atoms with Gasteiger partial charge in [-0.2, -0.15) is 0 Å². The summed E-state index contributed by atoms with van der Waals surface area (Å²) >= 11 is 6.13. The highest BCUT2D eigenvalue weighted by Crippen LogP contribution is 2.36. The molecule has 0 bridgehead atoms. The molecule has 0 aliphatic rings. The van der Waals surface area contributed by atoms with Gasteiger partial charge in [-0.15, -0.1) is 0 Å². The van der Waals surface area contributed by atoms with E-state index in [0.717, 1.165) is 16.7 Å². The zero-order chi connectivity index (χ0) is 15.6. The van der Waals surface area contributed by atoms with Gasteiger partial charge in [0.25, 0.3) is 0 Å². The maximum atomic E-state index is 10.7. The summed E-state index contributed by atoms with van der Waals surface area (Å²) in [4.78, 5) is 0. The molecule has 0 aromatic heterocycles. The molecule has 3 nitrogen and oxygen atoms in total. The molecule has 0 aliphatic carbocycles. The van der Waals surface area contributed by atoms with E-state index in [-0.39, 0.29) is 0 Å². The molecule has 21 heavy (non-hydrogen) atoms. The van der Waals surface area contributed by atoms with Crippen molar-refractivity contribution in [3.8, 4) is 11.5 Å². The lowest BCUT2D eigenvalue weighted by atomic mass is 9.95. The summed E-state index contributed by atoms with van der Waals surface area (Å²) in [5, 5.41) is 11.2. The zero-order valence-electron chi connectivity index (χ0n) is 12.6. The maximum absolute atomic E-state index is 10.7. The number of hydrogen-bond donors (Lipinski definition) is 1. The van der Waals surface area contributed by atoms with Crippen molar-refractivity contribution in [2.75, 3.05) is 14.2 Å². The van der Waals surface area contributed by atoms with Crippen LogP contribution in [0.25, 0.3) is 0 Å². The van der Waals surface area contributed by atoms with Crippen LogP contribution in [-0.4, -0.2) is 19.3 Å². The molecule has 112 valence electrons. The van der Waals surface area contributed by atoms with Gasteiger partial charge >= 0.3 is 0 Å². The van der Waals surface area contributed by atoms with Crippen molar-refractivity contribution in [3.63, 3.8) is 0 Å². The Balaban J connectivity index is 2.49. The van der Waals surface area contributed by atoms with Crippen LogP contribution in [-0.2, 0) is 0 Å². The predicted octanol–water partition coefficient (Wildman–Crippen LogP) is 4.06. The van der Waals surface area contributed by atoms with Gasteiger partial charge in [-0.25, -0.2) is 0 Å². The van der Waals surface area contributed by atoms with Crippen molar-refractivity contribution in [1.29, 1.82) is 0 Å². The van der Waals surface area contributed by atoms with Crippen LogP contribution in [0.5, 0.6) is 11.5 Å². The smallest absolute Gasteiger partial charge is 0.137 e. The van der Waals surface area contributed by atoms with Crippen LogP contribution in [0.3, 0.4) is 0 Å². The number of halogens is 1. The van der Waals surface area contributed by atoms with Crippen LogP contribution >= 0.6 is 11.6 Å². The van der Waals surface area contributed by atoms with Gasteiger partial charge in [0.1, 0.15) is 17.6 Å². The van der Waals surface area contributed by atoms with Gasteiger partial charge in [0.05, 0.1) is 19.2 Å². The van der Waals surface area contributed by atoms with E-state index in [0.29, 0.717) is 22.1 Å². The zero-order valence-corrected chi connectivity index (χ0v) is 13.4. The average molecular weight is 307 g/mol. The molecule has 0 fully saturated rings. The lowest BCUT2D eigenvalue weighted by molar-refractivity contribution is 0.214. The second kappa shape index (κ2) is 6.37. The van der Waals surface area contributed by atoms with Crippen LogP contribution < -0.4 is 9.47 Å². The molecule has 1 atom stereocenters. The van der Waals surface area contributed by atoms with E-state index in [4.69, 9.17) is 21.1 Å². The SMILES string of the molecule is COc1ccc(C(O)c2c(C)cc(C)cc2OC)cc1Cl. The van der Waals surface area contributed by atoms with Crippen molar-refractivity contribution in [3.05, 3.63) is 57.6 Å². The third kappa shape index (κ3) is 3.14. The van der Waals surface area contributed by atoms with E-state index in [1.807, 2.05) is 26.0 Å². The molecule has 1 N–H and O–H groups in total. The first-order valence-corrected chi connectivity index (χ1v) is 7.02. The first kappa shape index (κ1) is 15.7. The van der Waals surface area contributed by atoms with Gasteiger partial charge in [0.2, 0.25) is 0 Å². The first-order chi connectivity index (χ1) is 9.97. The highest BCUT2D eigenvalue weighted by Gasteiger charge is 2.19. The molecule has 2 rings (SSSR count). The van der Waals surface area contributed by atoms with Crippen molar-refractivity contribution in [2.45, 2.75) is 20.0 Å². The standard InChI is InChI=1S/C17H19ClO3/c1-10-7-11(2)16(15(8-10)21-4)17(19)12-5-6-14(20-3)13(18)9-12/h5-9,17,19H,1-4H3. The van der Waals surface area contributed by atoms with Crippen LogP contribution in [0, 0.1) is 13.8 Å². The van der Waals surface area contributed by atoms with Crippen molar-refractivity contribution < 1.29 is 14.6 Å². The Bertz CT molecular complexity index is 653. The van der Waals surface area contributed by atoms with E-state index in [1.165, 1.54) is 0 Å². The molecular weight excluding hydrogens is 288 g/mol. The number of aliphatic hydroxyl groups is 1. The molecule has 0 amide bonds. The summed E-state index contributed by atoms with van der Waals surface area (Å²) in [5.74, 6) is 1.26. The Morgan fingerprint density at radius 2 is 1.67 bits per heavy atom. The number of aliphatic hydroxyl groups excluding tert-OH is 1. The van der Waals surface area contributed by atoms with E-state index < -0.39 is 6.10 Å². The minimum atomic E-state index is -0.802. The molecule has 2 aromatic carbocycles. The lowest BCUT2D eigenvalue weighted by Crippen LogP contribution is -2.05. The van der Waals surface area contributed by atoms with Crippen LogP contribution in [0.15, 0.2) is 30.3 Å². The molecular formula is C17H19ClO3. The largest absolute Gasteiger partial charge is 0.496 e. The monoisotopic (exact) mass is 306 g/mol. The molecule has 0 saturated heterocycles. The normalized spacial score (nSPS) is 12.1. The minimum Gasteiger partial charge on any atom is -0.496 e. The highest BCUT2D eigenvalue weighted by molar-refractivity contribution is 6.32. The Kier molecular flexibility index (Phi) is 4.76. The van der Waals surface area contributed by atoms with Gasteiger partial charge in [0.15, 0.2) is 0 Å². The topological polar surface area (TPSA) is 38.7 Å². The van der Waals surface area contributed by atoms with Crippen LogP contribution in [0.1, 0.15) is 28.4 Å². The molecule has 0 spiro atoms. The molecule has 4 heteroatoms. The molecule has 2 aromatic rings. The number of benzene rings is 2. The summed E-state index contributed by atoms with van der Waals surface area (Å²) < 4.78 is 10.5. The number of methoxy groups -OCH3 is 2. The molecule has 0 aliphatic heterocycles. The molecule has 0 heterocycles. The Morgan fingerprint density at radius 1 is 1.00 bits per heavy atom. The lowest BCUT2D eigenvalue weighted by Gasteiger charge is -2.19. The summed E-state index contributed by atoms with van der Waals surface area (Å²) in [6, 6.07) is 9.19. The molecule has 0 saturated carbocycles. The van der Waals surface area contributed by atoms with E-state index in [1.54, 1.807) is 32.4 Å². The van der Waals surface area contributed by atoms with E-state index in [2.05, 4.69) is 0 Å². The van der Waals surface area contributed by atoms with Gasteiger partial charge in [-0.3, -0.25) is 0 Å². The number of ether oxygens (including phenoxy) is 2. The van der Waals surface area contributed by atoms with Gasteiger partial charge < -0.3 is 14.6 Å². The molecule has 1 unspecified atom stereocenters. The summed E-state index contributed by atoms with van der Waals surface area (Å²) in [7, 11) is 3.16. The minimum absolute atomic E-state index is 0.470. The fourth-order valence-corrected chi connectivity index (χ4v) is 2.74. The summed E-state index contributed by atoms with van der Waals surface area (Å²) in [5.41, 5.74) is 3.52. The predicted molar refractivity (Wildman–Crippen MR) is 84.5 cm³/mol. The summed E-state index contributed by atoms with van der Waals surface area (Å²) in [6.07, 6.45) is -0.802. The third-order valence-electron chi connectivity index (χ3n) is 3.48. The first-order valence-electron chi connectivity index (χ1n) is 6.64. The number of hydrogen-bond acceptors (Lipinski definition) is 3. The Morgan fingerprint density at radius 3 is 2.24 bits per heavy atom. The quantitative estimate of drug-likeness (QED) is 0.926. The van der Waals surface area contributed by atoms with Gasteiger partial charge in [-0.1, -0.05) is 23.7 Å². The fourth-order valence-electron chi connectivity index (χ4n) is 2.48. The average Bonchev–Trinajstić information content (AvgIpc) is 2.45. The molecule has 0 radical (unpaired) electrons. The van der Waals surface area contributed by atoms with Crippen LogP contribution in [0.2, 0.25) is 5.02 Å². The van der Waals surface area contributed by atoms with E-state index >= 15 is 0 Å². The van der Waals surface area contributed by atoms with E-state index in [9.17, 15) is 5.11 Å². The van der Waals surface area contributed by atoms with Crippen molar-refractivity contribution in [1.82, 2.24) is 0 Å². The second-order valence-electron chi connectivity index (χ2n) is 4.99. The number of aryl methyl sites for hydroxylation is 2. The van der Waals surface area contributed by atoms with Crippen molar-refractivity contribution in [2.24, 2.45) is 0 Å². The summed E-state index contributed by atoms with van der Waals surface area (Å²) in [6.45, 7) is 3.95. The van der Waals surface area contributed by atoms with Crippen LogP contribution in [0.4, 0.5) is 0 Å². The van der Waals surface area contributed by atoms with Gasteiger partial charge in [0, 0.05) is 5.56 Å². The number of rotatable bonds is 4. The Hall–Kier alpha value is -1.71. The fraction of sp³-hybridized carbons (Fsp3) is 0.294. The van der Waals surface area contributed by atoms with Gasteiger partial charge in [-0.05, 0) is 48.7 Å². The second-order valence-corrected chi connectivity index (χ2v) is 5.40. The third-order valence-corrected chi connectivity index (χ3v) is 3.77.